The highest BCUT2D eigenvalue weighted by molar-refractivity contribution is 5.85. The lowest BCUT2D eigenvalue weighted by Gasteiger charge is -2.24. The van der Waals surface area contributed by atoms with Crippen molar-refractivity contribution in [3.8, 4) is 5.75 Å². The second-order valence-electron chi connectivity index (χ2n) is 5.27. The molecule has 0 saturated carbocycles. The molecule has 2 N–H and O–H groups in total. The number of rotatable bonds is 6. The number of benzene rings is 1. The quantitative estimate of drug-likeness (QED) is 0.834. The summed E-state index contributed by atoms with van der Waals surface area (Å²) >= 11 is 0. The van der Waals surface area contributed by atoms with Crippen LogP contribution in [-0.4, -0.2) is 44.4 Å². The monoisotopic (exact) mass is 328 g/mol. The molecule has 2 atom stereocenters. The minimum absolute atomic E-state index is 0. The number of halogens is 1. The highest BCUT2D eigenvalue weighted by Gasteiger charge is 2.22. The van der Waals surface area contributed by atoms with Crippen LogP contribution in [0.2, 0.25) is 0 Å². The molecule has 0 radical (unpaired) electrons. The molecule has 5 nitrogen and oxygen atoms in total. The Morgan fingerprint density at radius 3 is 3.00 bits per heavy atom. The standard InChI is InChI=1S/C16H24N2O3.ClH/c1-3-13(21-14-6-4-5-12(2)9-14)10-18-16(19)15-11-17-7-8-20-15;/h4-6,9,13,15,17H,3,7-8,10-11H2,1-2H3,(H,18,19);1H. The highest BCUT2D eigenvalue weighted by atomic mass is 35.5. The predicted molar refractivity (Wildman–Crippen MR) is 88.8 cm³/mol. The van der Waals surface area contributed by atoms with Crippen molar-refractivity contribution >= 4 is 18.3 Å². The van der Waals surface area contributed by atoms with Gasteiger partial charge in [-0.2, -0.15) is 0 Å². The molecule has 0 aliphatic carbocycles. The maximum Gasteiger partial charge on any atom is 0.250 e. The Kier molecular flexibility index (Phi) is 8.24. The second kappa shape index (κ2) is 9.66. The van der Waals surface area contributed by atoms with Crippen molar-refractivity contribution in [2.45, 2.75) is 32.5 Å². The van der Waals surface area contributed by atoms with Crippen LogP contribution in [0.4, 0.5) is 0 Å². The fraction of sp³-hybridized carbons (Fsp3) is 0.562. The Hall–Kier alpha value is -1.30. The Bertz CT molecular complexity index is 464. The molecule has 1 fully saturated rings. The van der Waals surface area contributed by atoms with Gasteiger partial charge < -0.3 is 20.1 Å². The van der Waals surface area contributed by atoms with Gasteiger partial charge in [0.25, 0.3) is 5.91 Å². The van der Waals surface area contributed by atoms with Crippen molar-refractivity contribution in [3.63, 3.8) is 0 Å². The molecular formula is C16H25ClN2O3. The van der Waals surface area contributed by atoms with E-state index in [9.17, 15) is 4.79 Å². The summed E-state index contributed by atoms with van der Waals surface area (Å²) in [4.78, 5) is 12.0. The van der Waals surface area contributed by atoms with Gasteiger partial charge in [-0.3, -0.25) is 4.79 Å². The third-order valence-corrected chi connectivity index (χ3v) is 3.47. The van der Waals surface area contributed by atoms with E-state index in [0.717, 1.165) is 24.3 Å². The van der Waals surface area contributed by atoms with E-state index in [4.69, 9.17) is 9.47 Å². The zero-order chi connectivity index (χ0) is 15.1. The van der Waals surface area contributed by atoms with Crippen molar-refractivity contribution in [3.05, 3.63) is 29.8 Å². The van der Waals surface area contributed by atoms with E-state index < -0.39 is 6.10 Å². The van der Waals surface area contributed by atoms with E-state index >= 15 is 0 Å². The maximum atomic E-state index is 12.0. The van der Waals surface area contributed by atoms with Crippen molar-refractivity contribution in [2.24, 2.45) is 0 Å². The van der Waals surface area contributed by atoms with Gasteiger partial charge in [0.1, 0.15) is 18.0 Å². The van der Waals surface area contributed by atoms with Crippen LogP contribution in [0, 0.1) is 6.92 Å². The summed E-state index contributed by atoms with van der Waals surface area (Å²) < 4.78 is 11.3. The van der Waals surface area contributed by atoms with Gasteiger partial charge in [-0.15, -0.1) is 12.4 Å². The fourth-order valence-electron chi connectivity index (χ4n) is 2.21. The maximum absolute atomic E-state index is 12.0. The van der Waals surface area contributed by atoms with Crippen molar-refractivity contribution in [1.82, 2.24) is 10.6 Å². The number of carbonyl (C=O) groups is 1. The summed E-state index contributed by atoms with van der Waals surface area (Å²) in [5.41, 5.74) is 1.16. The molecule has 2 unspecified atom stereocenters. The number of hydrogen-bond acceptors (Lipinski definition) is 4. The molecule has 1 aromatic rings. The van der Waals surface area contributed by atoms with Gasteiger partial charge in [0.05, 0.1) is 13.2 Å². The Morgan fingerprint density at radius 1 is 1.55 bits per heavy atom. The molecule has 22 heavy (non-hydrogen) atoms. The van der Waals surface area contributed by atoms with Gasteiger partial charge in [0.2, 0.25) is 0 Å². The Balaban J connectivity index is 0.00000242. The summed E-state index contributed by atoms with van der Waals surface area (Å²) in [6.45, 7) is 6.52. The first-order valence-electron chi connectivity index (χ1n) is 7.52. The molecule has 124 valence electrons. The summed E-state index contributed by atoms with van der Waals surface area (Å²) in [5, 5.41) is 6.06. The number of aryl methyl sites for hydroxylation is 1. The minimum atomic E-state index is -0.393. The lowest BCUT2D eigenvalue weighted by molar-refractivity contribution is -0.134. The van der Waals surface area contributed by atoms with Crippen LogP contribution in [-0.2, 0) is 9.53 Å². The van der Waals surface area contributed by atoms with Crippen molar-refractivity contribution in [2.75, 3.05) is 26.2 Å². The smallest absolute Gasteiger partial charge is 0.250 e. The van der Waals surface area contributed by atoms with E-state index in [1.54, 1.807) is 0 Å². The van der Waals surface area contributed by atoms with Gasteiger partial charge in [-0.05, 0) is 31.0 Å². The molecule has 0 bridgehead atoms. The van der Waals surface area contributed by atoms with Gasteiger partial charge in [-0.1, -0.05) is 19.1 Å². The fourth-order valence-corrected chi connectivity index (χ4v) is 2.21. The Morgan fingerprint density at radius 2 is 2.36 bits per heavy atom. The number of morpholine rings is 1. The zero-order valence-electron chi connectivity index (χ0n) is 13.1. The van der Waals surface area contributed by atoms with E-state index in [1.165, 1.54) is 0 Å². The molecule has 1 heterocycles. The number of ether oxygens (including phenoxy) is 2. The average molecular weight is 329 g/mol. The molecule has 1 saturated heterocycles. The van der Waals surface area contributed by atoms with Crippen LogP contribution in [0.5, 0.6) is 5.75 Å². The first kappa shape index (κ1) is 18.7. The highest BCUT2D eigenvalue weighted by Crippen LogP contribution is 2.15. The van der Waals surface area contributed by atoms with E-state index in [-0.39, 0.29) is 24.4 Å². The van der Waals surface area contributed by atoms with Gasteiger partial charge in [0.15, 0.2) is 0 Å². The summed E-state index contributed by atoms with van der Waals surface area (Å²) in [7, 11) is 0. The SMILES string of the molecule is CCC(CNC(=O)C1CNCCO1)Oc1cccc(C)c1.Cl. The number of nitrogens with one attached hydrogen (secondary N) is 2. The lowest BCUT2D eigenvalue weighted by atomic mass is 10.2. The van der Waals surface area contributed by atoms with Crippen LogP contribution in [0.1, 0.15) is 18.9 Å². The van der Waals surface area contributed by atoms with Crippen LogP contribution in [0.3, 0.4) is 0 Å². The molecule has 2 rings (SSSR count). The number of amides is 1. The normalized spacial score (nSPS) is 18.9. The molecule has 0 spiro atoms. The summed E-state index contributed by atoms with van der Waals surface area (Å²) in [6.07, 6.45) is 0.403. The molecule has 1 amide bonds. The van der Waals surface area contributed by atoms with Crippen LogP contribution in [0.15, 0.2) is 24.3 Å². The molecule has 1 aliphatic rings. The molecular weight excluding hydrogens is 304 g/mol. The molecule has 6 heteroatoms. The van der Waals surface area contributed by atoms with Crippen LogP contribution < -0.4 is 15.4 Å². The number of carbonyl (C=O) groups excluding carboxylic acids is 1. The lowest BCUT2D eigenvalue weighted by Crippen LogP contribution is -2.49. The summed E-state index contributed by atoms with van der Waals surface area (Å²) in [6, 6.07) is 7.94. The largest absolute Gasteiger partial charge is 0.489 e. The summed E-state index contributed by atoms with van der Waals surface area (Å²) in [5.74, 6) is 0.764. The number of hydrogen-bond donors (Lipinski definition) is 2. The molecule has 0 aromatic heterocycles. The first-order chi connectivity index (χ1) is 10.2. The van der Waals surface area contributed by atoms with Crippen LogP contribution in [0.25, 0.3) is 0 Å². The van der Waals surface area contributed by atoms with E-state index in [2.05, 4.69) is 10.6 Å². The molecule has 1 aliphatic heterocycles. The van der Waals surface area contributed by atoms with Crippen molar-refractivity contribution in [1.29, 1.82) is 0 Å². The van der Waals surface area contributed by atoms with E-state index in [0.29, 0.717) is 19.7 Å². The van der Waals surface area contributed by atoms with Crippen molar-refractivity contribution < 1.29 is 14.3 Å². The minimum Gasteiger partial charge on any atom is -0.489 e. The van der Waals surface area contributed by atoms with E-state index in [1.807, 2.05) is 38.1 Å². The Labute approximate surface area is 138 Å². The van der Waals surface area contributed by atoms with Gasteiger partial charge >= 0.3 is 0 Å². The predicted octanol–water partition coefficient (Wildman–Crippen LogP) is 1.68. The van der Waals surface area contributed by atoms with Gasteiger partial charge in [0, 0.05) is 13.1 Å². The third kappa shape index (κ3) is 5.83. The zero-order valence-corrected chi connectivity index (χ0v) is 13.9. The third-order valence-electron chi connectivity index (χ3n) is 3.47. The van der Waals surface area contributed by atoms with Crippen LogP contribution >= 0.6 is 12.4 Å². The second-order valence-corrected chi connectivity index (χ2v) is 5.27. The first-order valence-corrected chi connectivity index (χ1v) is 7.52. The van der Waals surface area contributed by atoms with Gasteiger partial charge in [-0.25, -0.2) is 0 Å². The average Bonchev–Trinajstić information content (AvgIpc) is 2.52. The topological polar surface area (TPSA) is 59.6 Å². The molecule has 1 aromatic carbocycles.